The van der Waals surface area contributed by atoms with E-state index in [2.05, 4.69) is 4.98 Å². The van der Waals surface area contributed by atoms with Gasteiger partial charge in [-0.15, -0.1) is 0 Å². The van der Waals surface area contributed by atoms with Crippen LogP contribution in [0.15, 0.2) is 48.7 Å². The van der Waals surface area contributed by atoms with Gasteiger partial charge in [-0.2, -0.15) is 0 Å². The van der Waals surface area contributed by atoms with Crippen molar-refractivity contribution in [2.45, 2.75) is 0 Å². The lowest BCUT2D eigenvalue weighted by Gasteiger charge is -2.16. The molecule has 0 saturated heterocycles. The van der Waals surface area contributed by atoms with Gasteiger partial charge < -0.3 is 5.73 Å². The molecule has 1 aromatic heterocycles. The van der Waals surface area contributed by atoms with Crippen molar-refractivity contribution >= 4 is 17.4 Å². The summed E-state index contributed by atoms with van der Waals surface area (Å²) in [5.41, 5.74) is 6.78. The van der Waals surface area contributed by atoms with Gasteiger partial charge in [-0.25, -0.2) is 4.98 Å². The molecule has 0 aliphatic heterocycles. The highest BCUT2D eigenvalue weighted by atomic mass is 16.2. The number of aromatic nitrogens is 1. The van der Waals surface area contributed by atoms with Gasteiger partial charge in [0.05, 0.1) is 0 Å². The highest BCUT2D eigenvalue weighted by Gasteiger charge is 2.13. The first-order chi connectivity index (χ1) is 8.18. The van der Waals surface area contributed by atoms with Crippen LogP contribution in [0.1, 0.15) is 10.4 Å². The monoisotopic (exact) mass is 227 g/mol. The second-order valence-electron chi connectivity index (χ2n) is 3.68. The number of hydrogen-bond donors (Lipinski definition) is 1. The third-order valence-corrected chi connectivity index (χ3v) is 2.43. The molecule has 0 saturated carbocycles. The summed E-state index contributed by atoms with van der Waals surface area (Å²) < 4.78 is 0. The average molecular weight is 227 g/mol. The van der Waals surface area contributed by atoms with Crippen LogP contribution in [-0.2, 0) is 0 Å². The second kappa shape index (κ2) is 4.65. The van der Waals surface area contributed by atoms with Crippen LogP contribution in [0.3, 0.4) is 0 Å². The number of anilines is 2. The van der Waals surface area contributed by atoms with E-state index in [1.807, 2.05) is 12.1 Å². The molecule has 4 heteroatoms. The molecule has 2 rings (SSSR count). The zero-order chi connectivity index (χ0) is 12.3. The predicted molar refractivity (Wildman–Crippen MR) is 67.8 cm³/mol. The minimum Gasteiger partial charge on any atom is -0.399 e. The summed E-state index contributed by atoms with van der Waals surface area (Å²) in [6, 6.07) is 12.3. The van der Waals surface area contributed by atoms with Gasteiger partial charge in [0.1, 0.15) is 5.82 Å². The summed E-state index contributed by atoms with van der Waals surface area (Å²) in [4.78, 5) is 17.7. The van der Waals surface area contributed by atoms with Crippen LogP contribution in [0.2, 0.25) is 0 Å². The molecule has 2 aromatic rings. The minimum absolute atomic E-state index is 0.129. The summed E-state index contributed by atoms with van der Waals surface area (Å²) >= 11 is 0. The van der Waals surface area contributed by atoms with E-state index in [0.29, 0.717) is 17.1 Å². The third kappa shape index (κ3) is 2.42. The first-order valence-electron chi connectivity index (χ1n) is 5.23. The lowest BCUT2D eigenvalue weighted by Crippen LogP contribution is -2.26. The average Bonchev–Trinajstić information content (AvgIpc) is 2.38. The normalized spacial score (nSPS) is 9.94. The molecule has 1 aromatic carbocycles. The highest BCUT2D eigenvalue weighted by molar-refractivity contribution is 6.05. The van der Waals surface area contributed by atoms with Gasteiger partial charge in [0.15, 0.2) is 0 Å². The van der Waals surface area contributed by atoms with E-state index in [4.69, 9.17) is 5.73 Å². The molecule has 86 valence electrons. The number of carbonyl (C=O) groups is 1. The number of hydrogen-bond acceptors (Lipinski definition) is 3. The maximum Gasteiger partial charge on any atom is 0.259 e. The lowest BCUT2D eigenvalue weighted by molar-refractivity contribution is 0.0992. The predicted octanol–water partition coefficient (Wildman–Crippen LogP) is 1.94. The molecular formula is C13H13N3O. The van der Waals surface area contributed by atoms with Gasteiger partial charge >= 0.3 is 0 Å². The maximum atomic E-state index is 12.1. The summed E-state index contributed by atoms with van der Waals surface area (Å²) in [6.45, 7) is 0. The molecule has 0 atom stereocenters. The molecular weight excluding hydrogens is 214 g/mol. The molecule has 0 spiro atoms. The quantitative estimate of drug-likeness (QED) is 0.797. The number of nitrogen functional groups attached to an aromatic ring is 1. The van der Waals surface area contributed by atoms with Crippen LogP contribution in [0.4, 0.5) is 11.5 Å². The molecule has 1 heterocycles. The number of amides is 1. The molecule has 0 aliphatic carbocycles. The molecule has 0 bridgehead atoms. The van der Waals surface area contributed by atoms with Crippen molar-refractivity contribution in [3.8, 4) is 0 Å². The van der Waals surface area contributed by atoms with E-state index in [1.165, 1.54) is 4.90 Å². The maximum absolute atomic E-state index is 12.1. The fourth-order valence-corrected chi connectivity index (χ4v) is 1.52. The Hall–Kier alpha value is -2.36. The van der Waals surface area contributed by atoms with Crippen molar-refractivity contribution in [2.75, 3.05) is 17.7 Å². The van der Waals surface area contributed by atoms with Gasteiger partial charge in [-0.1, -0.05) is 12.1 Å². The fraction of sp³-hybridized carbons (Fsp3) is 0.0769. The van der Waals surface area contributed by atoms with Crippen LogP contribution in [0, 0.1) is 0 Å². The molecule has 0 aliphatic rings. The highest BCUT2D eigenvalue weighted by Crippen LogP contribution is 2.13. The summed E-state index contributed by atoms with van der Waals surface area (Å²) in [6.07, 6.45) is 1.65. The second-order valence-corrected chi connectivity index (χ2v) is 3.68. The van der Waals surface area contributed by atoms with E-state index < -0.39 is 0 Å². The van der Waals surface area contributed by atoms with Crippen LogP contribution in [0.5, 0.6) is 0 Å². The van der Waals surface area contributed by atoms with Crippen LogP contribution in [-0.4, -0.2) is 17.9 Å². The van der Waals surface area contributed by atoms with E-state index in [0.717, 1.165) is 0 Å². The van der Waals surface area contributed by atoms with Crippen LogP contribution in [0.25, 0.3) is 0 Å². The molecule has 2 N–H and O–H groups in total. The van der Waals surface area contributed by atoms with Crippen molar-refractivity contribution in [1.82, 2.24) is 4.98 Å². The molecule has 0 radical (unpaired) electrons. The summed E-state index contributed by atoms with van der Waals surface area (Å²) in [5.74, 6) is 0.482. The Morgan fingerprint density at radius 1 is 1.24 bits per heavy atom. The SMILES string of the molecule is CN(C(=O)c1cccc(N)c1)c1ccccn1. The van der Waals surface area contributed by atoms with E-state index in [-0.39, 0.29) is 5.91 Å². The van der Waals surface area contributed by atoms with E-state index in [1.54, 1.807) is 43.6 Å². The Bertz CT molecular complexity index is 525. The number of pyridine rings is 1. The number of carbonyl (C=O) groups excluding carboxylic acids is 1. The minimum atomic E-state index is -0.129. The standard InChI is InChI=1S/C13H13N3O/c1-16(12-7-2-3-8-15-12)13(17)10-5-4-6-11(14)9-10/h2-9H,14H2,1H3. The molecule has 0 fully saturated rings. The van der Waals surface area contributed by atoms with Crippen molar-refractivity contribution in [3.63, 3.8) is 0 Å². The first-order valence-corrected chi connectivity index (χ1v) is 5.23. The van der Waals surface area contributed by atoms with Crippen LogP contribution >= 0.6 is 0 Å². The van der Waals surface area contributed by atoms with Crippen molar-refractivity contribution in [3.05, 3.63) is 54.2 Å². The number of rotatable bonds is 2. The number of benzene rings is 1. The van der Waals surface area contributed by atoms with Crippen LogP contribution < -0.4 is 10.6 Å². The number of nitrogens with zero attached hydrogens (tertiary/aromatic N) is 2. The molecule has 4 nitrogen and oxygen atoms in total. The molecule has 0 unspecified atom stereocenters. The van der Waals surface area contributed by atoms with E-state index in [9.17, 15) is 4.79 Å². The lowest BCUT2D eigenvalue weighted by atomic mass is 10.2. The van der Waals surface area contributed by atoms with Gasteiger partial charge in [-0.05, 0) is 30.3 Å². The summed E-state index contributed by atoms with van der Waals surface area (Å²) in [7, 11) is 1.69. The van der Waals surface area contributed by atoms with Gasteiger partial charge in [0, 0.05) is 24.5 Å². The Labute approximate surface area is 99.7 Å². The summed E-state index contributed by atoms with van der Waals surface area (Å²) in [5, 5.41) is 0. The van der Waals surface area contributed by atoms with Gasteiger partial charge in [0.2, 0.25) is 0 Å². The van der Waals surface area contributed by atoms with Crippen molar-refractivity contribution < 1.29 is 4.79 Å². The van der Waals surface area contributed by atoms with E-state index >= 15 is 0 Å². The fourth-order valence-electron chi connectivity index (χ4n) is 1.52. The Morgan fingerprint density at radius 3 is 2.71 bits per heavy atom. The smallest absolute Gasteiger partial charge is 0.259 e. The van der Waals surface area contributed by atoms with Gasteiger partial charge in [0.25, 0.3) is 5.91 Å². The number of nitrogens with two attached hydrogens (primary N) is 1. The largest absolute Gasteiger partial charge is 0.399 e. The molecule has 1 amide bonds. The molecule has 17 heavy (non-hydrogen) atoms. The Balaban J connectivity index is 2.27. The Kier molecular flexibility index (Phi) is 3.05. The topological polar surface area (TPSA) is 59.2 Å². The van der Waals surface area contributed by atoms with Crippen molar-refractivity contribution in [1.29, 1.82) is 0 Å². The Morgan fingerprint density at radius 2 is 2.06 bits per heavy atom. The first kappa shape index (κ1) is 11.1. The van der Waals surface area contributed by atoms with Crippen molar-refractivity contribution in [2.24, 2.45) is 0 Å². The van der Waals surface area contributed by atoms with Gasteiger partial charge in [-0.3, -0.25) is 9.69 Å². The zero-order valence-electron chi connectivity index (χ0n) is 9.50. The zero-order valence-corrected chi connectivity index (χ0v) is 9.50. The third-order valence-electron chi connectivity index (χ3n) is 2.43.